The number of carboxylic acid groups (broad SMARTS) is 1. The largest absolute Gasteiger partial charge is 0.478 e. The summed E-state index contributed by atoms with van der Waals surface area (Å²) in [5, 5.41) is 9.27. The van der Waals surface area contributed by atoms with Gasteiger partial charge in [-0.3, -0.25) is 4.90 Å². The number of carbonyl (C=O) groups excluding carboxylic acids is 3. The van der Waals surface area contributed by atoms with E-state index in [1.165, 1.54) is 36.3 Å². The van der Waals surface area contributed by atoms with Crippen molar-refractivity contribution >= 4 is 24.0 Å². The van der Waals surface area contributed by atoms with Crippen molar-refractivity contribution in [3.8, 4) is 0 Å². The molecule has 0 radical (unpaired) electrons. The van der Waals surface area contributed by atoms with Crippen molar-refractivity contribution in [3.05, 3.63) is 71.3 Å². The number of nitrogens with zero attached hydrogens (tertiary/aromatic N) is 1. The lowest BCUT2D eigenvalue weighted by atomic mass is 9.99. The molecule has 1 aliphatic heterocycles. The Hall–Kier alpha value is -3.88. The van der Waals surface area contributed by atoms with Crippen LogP contribution in [0.3, 0.4) is 0 Å². The highest BCUT2D eigenvalue weighted by molar-refractivity contribution is 6.02. The van der Waals surface area contributed by atoms with Crippen LogP contribution in [0.25, 0.3) is 0 Å². The zero-order valence-corrected chi connectivity index (χ0v) is 17.4. The number of methoxy groups -OCH3 is 1. The quantitative estimate of drug-likeness (QED) is 0.537. The summed E-state index contributed by atoms with van der Waals surface area (Å²) < 4.78 is 15.6. The number of rotatable bonds is 6. The molecule has 1 N–H and O–H groups in total. The maximum Gasteiger partial charge on any atom is 0.410 e. The molecular formula is C23H23NO8. The molecule has 1 aliphatic rings. The Bertz CT molecular complexity index is 991. The third-order valence-corrected chi connectivity index (χ3v) is 5.12. The molecule has 2 atom stereocenters. The van der Waals surface area contributed by atoms with E-state index in [0.717, 1.165) is 5.56 Å². The van der Waals surface area contributed by atoms with E-state index >= 15 is 0 Å². The van der Waals surface area contributed by atoms with Gasteiger partial charge in [-0.25, -0.2) is 19.2 Å². The van der Waals surface area contributed by atoms with Gasteiger partial charge in [0.15, 0.2) is 0 Å². The number of ether oxygens (including phenoxy) is 3. The number of amides is 1. The van der Waals surface area contributed by atoms with Crippen molar-refractivity contribution in [2.45, 2.75) is 31.6 Å². The topological polar surface area (TPSA) is 119 Å². The highest BCUT2D eigenvalue weighted by Crippen LogP contribution is 2.24. The molecule has 3 rings (SSSR count). The molecule has 1 saturated heterocycles. The van der Waals surface area contributed by atoms with Gasteiger partial charge in [0.25, 0.3) is 0 Å². The summed E-state index contributed by atoms with van der Waals surface area (Å²) in [5.41, 5.74) is 0.541. The van der Waals surface area contributed by atoms with Gasteiger partial charge in [0, 0.05) is 19.4 Å². The minimum Gasteiger partial charge on any atom is -0.478 e. The van der Waals surface area contributed by atoms with Crippen LogP contribution >= 0.6 is 0 Å². The first-order chi connectivity index (χ1) is 15.4. The fraction of sp³-hybridized carbons (Fsp3) is 0.304. The number of benzene rings is 2. The summed E-state index contributed by atoms with van der Waals surface area (Å²) in [6.07, 6.45) is -1.11. The molecule has 0 spiro atoms. The Morgan fingerprint density at radius 1 is 1.00 bits per heavy atom. The SMILES string of the molecule is COC(=O)[C@@H]1C[C@@H](OC(=O)c2ccccc2C(=O)O)CCN1C(=O)OCc1ccccc1. The average molecular weight is 441 g/mol. The van der Waals surface area contributed by atoms with E-state index in [9.17, 15) is 24.3 Å². The monoisotopic (exact) mass is 441 g/mol. The van der Waals surface area contributed by atoms with Crippen LogP contribution in [0.4, 0.5) is 4.79 Å². The predicted molar refractivity (Wildman–Crippen MR) is 111 cm³/mol. The number of hydrogen-bond donors (Lipinski definition) is 1. The molecule has 0 unspecified atom stereocenters. The third kappa shape index (κ3) is 5.42. The lowest BCUT2D eigenvalue weighted by Crippen LogP contribution is -2.52. The van der Waals surface area contributed by atoms with Crippen molar-refractivity contribution < 1.29 is 38.5 Å². The minimum atomic E-state index is -1.25. The van der Waals surface area contributed by atoms with Crippen LogP contribution < -0.4 is 0 Å². The minimum absolute atomic E-state index is 0.00802. The summed E-state index contributed by atoms with van der Waals surface area (Å²) in [6.45, 7) is 0.153. The molecule has 1 heterocycles. The zero-order valence-electron chi connectivity index (χ0n) is 17.4. The second-order valence-electron chi connectivity index (χ2n) is 7.17. The Morgan fingerprint density at radius 2 is 1.66 bits per heavy atom. The molecule has 0 bridgehead atoms. The highest BCUT2D eigenvalue weighted by Gasteiger charge is 2.39. The first-order valence-corrected chi connectivity index (χ1v) is 9.99. The van der Waals surface area contributed by atoms with Gasteiger partial charge in [-0.05, 0) is 17.7 Å². The lowest BCUT2D eigenvalue weighted by molar-refractivity contribution is -0.149. The average Bonchev–Trinajstić information content (AvgIpc) is 2.82. The van der Waals surface area contributed by atoms with E-state index in [2.05, 4.69) is 0 Å². The number of carbonyl (C=O) groups is 4. The predicted octanol–water partition coefficient (Wildman–Crippen LogP) is 2.88. The number of hydrogen-bond acceptors (Lipinski definition) is 7. The summed E-state index contributed by atoms with van der Waals surface area (Å²) in [4.78, 5) is 50.1. The molecule has 2 aromatic carbocycles. The van der Waals surface area contributed by atoms with Gasteiger partial charge in [0.05, 0.1) is 18.2 Å². The first-order valence-electron chi connectivity index (χ1n) is 9.99. The van der Waals surface area contributed by atoms with Gasteiger partial charge in [0.1, 0.15) is 18.8 Å². The van der Waals surface area contributed by atoms with Crippen LogP contribution in [0.1, 0.15) is 39.1 Å². The van der Waals surface area contributed by atoms with Crippen molar-refractivity contribution in [1.29, 1.82) is 0 Å². The number of aromatic carboxylic acids is 1. The fourth-order valence-corrected chi connectivity index (χ4v) is 3.48. The number of likely N-dealkylation sites (tertiary alicyclic amines) is 1. The van der Waals surface area contributed by atoms with Gasteiger partial charge in [0.2, 0.25) is 0 Å². The maximum atomic E-state index is 12.6. The van der Waals surface area contributed by atoms with E-state index in [4.69, 9.17) is 14.2 Å². The summed E-state index contributed by atoms with van der Waals surface area (Å²) in [6, 6.07) is 13.8. The summed E-state index contributed by atoms with van der Waals surface area (Å²) in [7, 11) is 1.20. The van der Waals surface area contributed by atoms with Crippen LogP contribution in [0.15, 0.2) is 54.6 Å². The Labute approximate surface area is 184 Å². The summed E-state index contributed by atoms with van der Waals surface area (Å²) in [5.74, 6) is -2.72. The number of esters is 2. The van der Waals surface area contributed by atoms with Crippen LogP contribution in [0, 0.1) is 0 Å². The lowest BCUT2D eigenvalue weighted by Gasteiger charge is -2.36. The van der Waals surface area contributed by atoms with Crippen molar-refractivity contribution in [1.82, 2.24) is 4.90 Å². The van der Waals surface area contributed by atoms with E-state index in [1.54, 1.807) is 0 Å². The van der Waals surface area contributed by atoms with E-state index < -0.39 is 36.1 Å². The van der Waals surface area contributed by atoms with Crippen LogP contribution in [0.5, 0.6) is 0 Å². The van der Waals surface area contributed by atoms with Gasteiger partial charge >= 0.3 is 24.0 Å². The van der Waals surface area contributed by atoms with Gasteiger partial charge in [-0.2, -0.15) is 0 Å². The van der Waals surface area contributed by atoms with Crippen LogP contribution in [0.2, 0.25) is 0 Å². The Kier molecular flexibility index (Phi) is 7.43. The molecule has 2 aromatic rings. The molecule has 1 amide bonds. The molecule has 9 heteroatoms. The van der Waals surface area contributed by atoms with E-state index in [-0.39, 0.29) is 37.1 Å². The number of piperidine rings is 1. The highest BCUT2D eigenvalue weighted by atomic mass is 16.6. The molecule has 168 valence electrons. The van der Waals surface area contributed by atoms with Gasteiger partial charge < -0.3 is 19.3 Å². The standard InChI is InChI=1S/C23H23NO8/c1-30-22(28)19-13-16(32-21(27)18-10-6-5-9-17(18)20(25)26)11-12-24(19)23(29)31-14-15-7-3-2-4-8-15/h2-10,16,19H,11-14H2,1H3,(H,25,26)/t16-,19-/m0/s1. The smallest absolute Gasteiger partial charge is 0.410 e. The van der Waals surface area contributed by atoms with Gasteiger partial charge in [-0.15, -0.1) is 0 Å². The molecule has 1 fully saturated rings. The molecule has 32 heavy (non-hydrogen) atoms. The third-order valence-electron chi connectivity index (χ3n) is 5.12. The molecule has 0 aromatic heterocycles. The summed E-state index contributed by atoms with van der Waals surface area (Å²) >= 11 is 0. The second-order valence-corrected chi connectivity index (χ2v) is 7.17. The molecular weight excluding hydrogens is 418 g/mol. The van der Waals surface area contributed by atoms with Gasteiger partial charge in [-0.1, -0.05) is 42.5 Å². The van der Waals surface area contributed by atoms with E-state index in [0.29, 0.717) is 0 Å². The van der Waals surface area contributed by atoms with Crippen molar-refractivity contribution in [2.24, 2.45) is 0 Å². The first kappa shape index (κ1) is 22.8. The molecule has 0 saturated carbocycles. The second kappa shape index (κ2) is 10.4. The van der Waals surface area contributed by atoms with Crippen molar-refractivity contribution in [3.63, 3.8) is 0 Å². The van der Waals surface area contributed by atoms with Crippen molar-refractivity contribution in [2.75, 3.05) is 13.7 Å². The Morgan fingerprint density at radius 3 is 2.31 bits per heavy atom. The number of carboxylic acids is 1. The molecule has 0 aliphatic carbocycles. The normalized spacial score (nSPS) is 17.8. The fourth-order valence-electron chi connectivity index (χ4n) is 3.48. The Balaban J connectivity index is 1.66. The van der Waals surface area contributed by atoms with Crippen LogP contribution in [-0.2, 0) is 25.6 Å². The van der Waals surface area contributed by atoms with E-state index in [1.807, 2.05) is 30.3 Å². The van der Waals surface area contributed by atoms with Crippen LogP contribution in [-0.4, -0.2) is 59.8 Å². The molecule has 9 nitrogen and oxygen atoms in total. The maximum absolute atomic E-state index is 12.6. The zero-order chi connectivity index (χ0) is 23.1.